The van der Waals surface area contributed by atoms with Crippen molar-refractivity contribution in [3.63, 3.8) is 0 Å². The summed E-state index contributed by atoms with van der Waals surface area (Å²) in [5, 5.41) is 11.0. The zero-order chi connectivity index (χ0) is 33.0. The number of nitro groups is 1. The number of rotatable bonds is 11. The van der Waals surface area contributed by atoms with Gasteiger partial charge in [-0.3, -0.25) is 9.47 Å². The molecule has 1 fully saturated rings. The molecular weight excluding hydrogens is 619 g/mol. The lowest BCUT2D eigenvalue weighted by molar-refractivity contribution is -0.389. The molecule has 6 rings (SSSR count). The molecule has 4 aromatic rings. The van der Waals surface area contributed by atoms with Crippen LogP contribution in [0, 0.1) is 17.0 Å². The minimum absolute atomic E-state index is 0.221. The summed E-state index contributed by atoms with van der Waals surface area (Å²) < 4.78 is 60.3. The normalized spacial score (nSPS) is 16.7. The molecule has 0 N–H and O–H groups in total. The molecule has 3 heterocycles. The van der Waals surface area contributed by atoms with Crippen LogP contribution in [0.15, 0.2) is 72.9 Å². The first-order chi connectivity index (χ1) is 22.6. The van der Waals surface area contributed by atoms with Crippen LogP contribution in [0.4, 0.5) is 24.7 Å². The zero-order valence-electron chi connectivity index (χ0n) is 25.7. The van der Waals surface area contributed by atoms with Gasteiger partial charge in [0.05, 0.1) is 0 Å². The van der Waals surface area contributed by atoms with Gasteiger partial charge in [-0.2, -0.15) is 0 Å². The molecule has 3 aromatic carbocycles. The molecule has 0 spiro atoms. The van der Waals surface area contributed by atoms with E-state index in [1.807, 2.05) is 31.2 Å². The van der Waals surface area contributed by atoms with Gasteiger partial charge in [0.25, 0.3) is 0 Å². The van der Waals surface area contributed by atoms with E-state index in [1.165, 1.54) is 23.9 Å². The standard InChI is InChI=1S/C33H34F3N5O6/c1-23-18-25(4-11-30(23)45-21-24-2-7-28(8-3-24)47-33(34,35)36)19-38-14-16-39(17-15-38)26-5-9-27(10-6-26)44-22-29-12-13-40-20-31(41(42)43)37-32(40)46-29/h2-11,18,20,29H,12-17,19,21-22H2,1H3/t29-/m0/s1. The van der Waals surface area contributed by atoms with Crippen molar-refractivity contribution in [2.75, 3.05) is 37.7 Å². The number of ether oxygens (including phenoxy) is 4. The predicted octanol–water partition coefficient (Wildman–Crippen LogP) is 6.13. The first kappa shape index (κ1) is 32.0. The molecule has 2 aliphatic rings. The van der Waals surface area contributed by atoms with Crippen molar-refractivity contribution in [2.45, 2.75) is 45.5 Å². The van der Waals surface area contributed by atoms with Gasteiger partial charge in [0.1, 0.15) is 42.8 Å². The van der Waals surface area contributed by atoms with Crippen molar-refractivity contribution in [2.24, 2.45) is 0 Å². The van der Waals surface area contributed by atoms with Crippen molar-refractivity contribution < 1.29 is 37.0 Å². The Morgan fingerprint density at radius 2 is 1.64 bits per heavy atom. The highest BCUT2D eigenvalue weighted by Crippen LogP contribution is 2.27. The molecular formula is C33H34F3N5O6. The first-order valence-corrected chi connectivity index (χ1v) is 15.2. The quantitative estimate of drug-likeness (QED) is 0.140. The van der Waals surface area contributed by atoms with E-state index in [1.54, 1.807) is 16.7 Å². The molecule has 0 saturated carbocycles. The maximum absolute atomic E-state index is 12.4. The second-order valence-electron chi connectivity index (χ2n) is 11.5. The van der Waals surface area contributed by atoms with Crippen molar-refractivity contribution in [1.82, 2.24) is 14.5 Å². The fraction of sp³-hybridized carbons (Fsp3) is 0.364. The summed E-state index contributed by atoms with van der Waals surface area (Å²) in [5.74, 6) is 0.973. The molecule has 2 aliphatic heterocycles. The minimum atomic E-state index is -4.72. The molecule has 0 amide bonds. The van der Waals surface area contributed by atoms with Gasteiger partial charge in [-0.15, -0.1) is 13.2 Å². The van der Waals surface area contributed by atoms with Gasteiger partial charge in [-0.05, 0) is 71.0 Å². The van der Waals surface area contributed by atoms with Gasteiger partial charge >= 0.3 is 18.2 Å². The Hall–Kier alpha value is -4.98. The number of benzene rings is 3. The Labute approximate surface area is 269 Å². The minimum Gasteiger partial charge on any atom is -0.490 e. The average Bonchev–Trinajstić information content (AvgIpc) is 3.48. The Morgan fingerprint density at radius 1 is 0.936 bits per heavy atom. The summed E-state index contributed by atoms with van der Waals surface area (Å²) in [7, 11) is 0. The lowest BCUT2D eigenvalue weighted by Crippen LogP contribution is -2.45. The number of aromatic nitrogens is 2. The fourth-order valence-electron chi connectivity index (χ4n) is 5.62. The van der Waals surface area contributed by atoms with Gasteiger partial charge in [0.2, 0.25) is 0 Å². The van der Waals surface area contributed by atoms with Crippen LogP contribution in [0.1, 0.15) is 23.1 Å². The molecule has 0 unspecified atom stereocenters. The van der Waals surface area contributed by atoms with E-state index < -0.39 is 11.3 Å². The summed E-state index contributed by atoms with van der Waals surface area (Å²) >= 11 is 0. The molecule has 14 heteroatoms. The average molecular weight is 654 g/mol. The van der Waals surface area contributed by atoms with E-state index >= 15 is 0 Å². The number of alkyl halides is 3. The number of hydrogen-bond donors (Lipinski definition) is 0. The van der Waals surface area contributed by atoms with Gasteiger partial charge in [-0.1, -0.05) is 24.3 Å². The fourth-order valence-corrected chi connectivity index (χ4v) is 5.62. The van der Waals surface area contributed by atoms with Crippen LogP contribution in [-0.2, 0) is 19.7 Å². The largest absolute Gasteiger partial charge is 0.573 e. The second-order valence-corrected chi connectivity index (χ2v) is 11.5. The van der Waals surface area contributed by atoms with Crippen LogP contribution >= 0.6 is 0 Å². The third-order valence-corrected chi connectivity index (χ3v) is 8.09. The summed E-state index contributed by atoms with van der Waals surface area (Å²) in [6.07, 6.45) is -2.89. The molecule has 47 heavy (non-hydrogen) atoms. The molecule has 0 radical (unpaired) electrons. The number of fused-ring (bicyclic) bond motifs is 1. The number of hydrogen-bond acceptors (Lipinski definition) is 9. The highest BCUT2D eigenvalue weighted by atomic mass is 19.4. The Bertz CT molecular complexity index is 1670. The number of nitrogens with zero attached hydrogens (tertiary/aromatic N) is 5. The monoisotopic (exact) mass is 653 g/mol. The maximum Gasteiger partial charge on any atom is 0.573 e. The topological polar surface area (TPSA) is 104 Å². The number of aryl methyl sites for hydroxylation is 2. The summed E-state index contributed by atoms with van der Waals surface area (Å²) in [5.41, 5.74) is 4.04. The molecule has 11 nitrogen and oxygen atoms in total. The van der Waals surface area contributed by atoms with E-state index in [9.17, 15) is 23.3 Å². The lowest BCUT2D eigenvalue weighted by atomic mass is 10.1. The number of piperazine rings is 1. The van der Waals surface area contributed by atoms with E-state index in [4.69, 9.17) is 14.2 Å². The molecule has 1 atom stereocenters. The number of halogens is 3. The zero-order valence-corrected chi connectivity index (χ0v) is 25.7. The van der Waals surface area contributed by atoms with Crippen LogP contribution < -0.4 is 23.8 Å². The molecule has 248 valence electrons. The summed E-state index contributed by atoms with van der Waals surface area (Å²) in [4.78, 5) is 19.1. The highest BCUT2D eigenvalue weighted by Gasteiger charge is 2.31. The third-order valence-electron chi connectivity index (χ3n) is 8.09. The van der Waals surface area contributed by atoms with E-state index in [2.05, 4.69) is 37.7 Å². The van der Waals surface area contributed by atoms with E-state index in [0.717, 1.165) is 61.0 Å². The van der Waals surface area contributed by atoms with Gasteiger partial charge in [0, 0.05) is 56.4 Å². The van der Waals surface area contributed by atoms with Gasteiger partial charge in [-0.25, -0.2) is 0 Å². The van der Waals surface area contributed by atoms with Crippen molar-refractivity contribution in [3.05, 3.63) is 99.7 Å². The van der Waals surface area contributed by atoms with Crippen LogP contribution in [-0.4, -0.2) is 64.6 Å². The van der Waals surface area contributed by atoms with Crippen LogP contribution in [0.3, 0.4) is 0 Å². The highest BCUT2D eigenvalue weighted by molar-refractivity contribution is 5.49. The van der Waals surface area contributed by atoms with Crippen molar-refractivity contribution >= 4 is 11.5 Å². The Kier molecular flexibility index (Phi) is 9.38. The summed E-state index contributed by atoms with van der Waals surface area (Å²) in [6.45, 7) is 7.55. The van der Waals surface area contributed by atoms with Crippen molar-refractivity contribution in [3.8, 4) is 23.3 Å². The van der Waals surface area contributed by atoms with Crippen LogP contribution in [0.2, 0.25) is 0 Å². The first-order valence-electron chi connectivity index (χ1n) is 15.2. The SMILES string of the molecule is Cc1cc(CN2CCN(c3ccc(OC[C@@H]4CCn5cc([N+](=O)[O-])nc5O4)cc3)CC2)ccc1OCc1ccc(OC(F)(F)F)cc1. The number of imidazole rings is 1. The van der Waals surface area contributed by atoms with Gasteiger partial charge < -0.3 is 34.0 Å². The number of anilines is 1. The lowest BCUT2D eigenvalue weighted by Gasteiger charge is -2.36. The maximum atomic E-state index is 12.4. The molecule has 1 aromatic heterocycles. The third kappa shape index (κ3) is 8.44. The van der Waals surface area contributed by atoms with Crippen LogP contribution in [0.25, 0.3) is 0 Å². The second kappa shape index (κ2) is 13.8. The van der Waals surface area contributed by atoms with Crippen LogP contribution in [0.5, 0.6) is 23.3 Å². The molecule has 1 saturated heterocycles. The molecule has 0 aliphatic carbocycles. The Morgan fingerprint density at radius 3 is 2.32 bits per heavy atom. The smallest absolute Gasteiger partial charge is 0.490 e. The summed E-state index contributed by atoms with van der Waals surface area (Å²) in [6, 6.07) is 20.0. The van der Waals surface area contributed by atoms with E-state index in [0.29, 0.717) is 19.6 Å². The molecule has 0 bridgehead atoms. The van der Waals surface area contributed by atoms with E-state index in [-0.39, 0.29) is 30.3 Å². The van der Waals surface area contributed by atoms with Crippen molar-refractivity contribution in [1.29, 1.82) is 0 Å². The van der Waals surface area contributed by atoms with Gasteiger partial charge in [0.15, 0.2) is 0 Å². The Balaban J connectivity index is 0.925. The predicted molar refractivity (Wildman–Crippen MR) is 166 cm³/mol.